The van der Waals surface area contributed by atoms with E-state index in [-0.39, 0.29) is 0 Å². The highest BCUT2D eigenvalue weighted by Gasteiger charge is 2.34. The fraction of sp³-hybridized carbons (Fsp3) is 1.00. The van der Waals surface area contributed by atoms with Gasteiger partial charge in [0, 0.05) is 13.1 Å². The zero-order valence-electron chi connectivity index (χ0n) is 12.9. The molecule has 2 N–H and O–H groups in total. The Labute approximate surface area is 123 Å². The van der Waals surface area contributed by atoms with Gasteiger partial charge in [-0.25, -0.2) is 4.39 Å². The van der Waals surface area contributed by atoms with E-state index in [1.807, 2.05) is 0 Å². The molecule has 0 atom stereocenters. The van der Waals surface area contributed by atoms with Gasteiger partial charge in [0.2, 0.25) is 0 Å². The second kappa shape index (κ2) is 6.74. The van der Waals surface area contributed by atoms with Gasteiger partial charge in [-0.05, 0) is 75.0 Å². The first-order valence-corrected chi connectivity index (χ1v) is 8.83. The van der Waals surface area contributed by atoms with Crippen LogP contribution in [0.25, 0.3) is 0 Å². The van der Waals surface area contributed by atoms with Gasteiger partial charge in [0.1, 0.15) is 6.17 Å². The summed E-state index contributed by atoms with van der Waals surface area (Å²) < 4.78 is 13.2. The van der Waals surface area contributed by atoms with E-state index in [0.717, 1.165) is 62.4 Å². The van der Waals surface area contributed by atoms with Crippen molar-refractivity contribution in [3.05, 3.63) is 0 Å². The van der Waals surface area contributed by atoms with E-state index in [1.165, 1.54) is 25.7 Å². The van der Waals surface area contributed by atoms with Crippen LogP contribution in [-0.4, -0.2) is 25.4 Å². The number of hydrogen-bond acceptors (Lipinski definition) is 2. The zero-order valence-corrected chi connectivity index (χ0v) is 12.9. The third-order valence-corrected chi connectivity index (χ3v) is 6.03. The average molecular weight is 282 g/mol. The van der Waals surface area contributed by atoms with E-state index in [0.29, 0.717) is 6.17 Å². The molecule has 116 valence electrons. The van der Waals surface area contributed by atoms with Gasteiger partial charge in [0.15, 0.2) is 0 Å². The van der Waals surface area contributed by atoms with Gasteiger partial charge in [0.25, 0.3) is 0 Å². The third-order valence-electron chi connectivity index (χ3n) is 6.03. The molecule has 20 heavy (non-hydrogen) atoms. The molecule has 0 aromatic heterocycles. The maximum Gasteiger partial charge on any atom is 0.100 e. The van der Waals surface area contributed by atoms with Crippen molar-refractivity contribution in [2.24, 2.45) is 23.7 Å². The monoisotopic (exact) mass is 282 g/mol. The van der Waals surface area contributed by atoms with E-state index < -0.39 is 6.17 Å². The van der Waals surface area contributed by atoms with Crippen molar-refractivity contribution in [1.29, 1.82) is 0 Å². The Hall–Kier alpha value is -0.150. The molecule has 0 aromatic carbocycles. The first kappa shape index (κ1) is 14.8. The summed E-state index contributed by atoms with van der Waals surface area (Å²) in [6, 6.07) is 0. The van der Waals surface area contributed by atoms with Crippen LogP contribution in [0.15, 0.2) is 0 Å². The number of halogens is 1. The molecular formula is C17H31FN2. The summed E-state index contributed by atoms with van der Waals surface area (Å²) >= 11 is 0. The first-order valence-electron chi connectivity index (χ1n) is 8.83. The van der Waals surface area contributed by atoms with Crippen LogP contribution >= 0.6 is 0 Å². The van der Waals surface area contributed by atoms with Crippen molar-refractivity contribution >= 4 is 0 Å². The molecule has 3 fully saturated rings. The van der Waals surface area contributed by atoms with E-state index in [1.54, 1.807) is 0 Å². The Morgan fingerprint density at radius 2 is 1.15 bits per heavy atom. The zero-order chi connectivity index (χ0) is 13.9. The van der Waals surface area contributed by atoms with Crippen LogP contribution < -0.4 is 10.6 Å². The summed E-state index contributed by atoms with van der Waals surface area (Å²) in [6.45, 7) is 4.63. The largest absolute Gasteiger partial charge is 0.301 e. The molecule has 0 radical (unpaired) electrons. The van der Waals surface area contributed by atoms with Crippen molar-refractivity contribution in [3.63, 3.8) is 0 Å². The molecule has 0 unspecified atom stereocenters. The van der Waals surface area contributed by atoms with Crippen LogP contribution in [0.3, 0.4) is 0 Å². The van der Waals surface area contributed by atoms with Crippen LogP contribution in [0.4, 0.5) is 4.39 Å². The standard InChI is InChI=1S/C17H31FN2/c1-12-10-19-17(20-11-12)15-4-2-13(3-5-15)14-6-8-16(18)9-7-14/h12-17,19-20H,2-11H2,1H3. The molecule has 3 heteroatoms. The minimum absolute atomic E-state index is 0.500. The molecule has 2 nitrogen and oxygen atoms in total. The van der Waals surface area contributed by atoms with E-state index in [9.17, 15) is 4.39 Å². The molecule has 0 aromatic rings. The molecule has 3 aliphatic rings. The fourth-order valence-corrected chi connectivity index (χ4v) is 4.63. The molecule has 3 rings (SSSR count). The summed E-state index contributed by atoms with van der Waals surface area (Å²) in [6.07, 6.45) is 9.47. The molecule has 0 amide bonds. The van der Waals surface area contributed by atoms with Crippen molar-refractivity contribution in [1.82, 2.24) is 10.6 Å². The van der Waals surface area contributed by atoms with Crippen molar-refractivity contribution in [2.45, 2.75) is 70.6 Å². The van der Waals surface area contributed by atoms with Gasteiger partial charge in [-0.1, -0.05) is 6.92 Å². The predicted octanol–water partition coefficient (Wildman–Crippen LogP) is 3.48. The molecule has 1 heterocycles. The van der Waals surface area contributed by atoms with Crippen molar-refractivity contribution in [3.8, 4) is 0 Å². The summed E-state index contributed by atoms with van der Waals surface area (Å²) in [5.74, 6) is 3.30. The van der Waals surface area contributed by atoms with Crippen molar-refractivity contribution < 1.29 is 4.39 Å². The van der Waals surface area contributed by atoms with Crippen molar-refractivity contribution in [2.75, 3.05) is 13.1 Å². The van der Waals surface area contributed by atoms with E-state index in [2.05, 4.69) is 17.6 Å². The Kier molecular flexibility index (Phi) is 4.98. The summed E-state index contributed by atoms with van der Waals surface area (Å²) in [5, 5.41) is 7.36. The van der Waals surface area contributed by atoms with Gasteiger partial charge in [-0.2, -0.15) is 0 Å². The summed E-state index contributed by atoms with van der Waals surface area (Å²) in [5.41, 5.74) is 0. The van der Waals surface area contributed by atoms with Gasteiger partial charge >= 0.3 is 0 Å². The Balaban J connectivity index is 1.42. The van der Waals surface area contributed by atoms with Crippen LogP contribution in [0.5, 0.6) is 0 Å². The molecule has 1 aliphatic heterocycles. The highest BCUT2D eigenvalue weighted by molar-refractivity contribution is 4.87. The predicted molar refractivity (Wildman–Crippen MR) is 81.3 cm³/mol. The van der Waals surface area contributed by atoms with Crippen LogP contribution in [0.2, 0.25) is 0 Å². The second-order valence-corrected chi connectivity index (χ2v) is 7.59. The lowest BCUT2D eigenvalue weighted by molar-refractivity contribution is 0.107. The molecular weight excluding hydrogens is 251 g/mol. The van der Waals surface area contributed by atoms with Crippen LogP contribution in [0.1, 0.15) is 58.3 Å². The molecule has 2 aliphatic carbocycles. The Morgan fingerprint density at radius 1 is 0.700 bits per heavy atom. The second-order valence-electron chi connectivity index (χ2n) is 7.59. The SMILES string of the molecule is CC1CNC(C2CCC(C3CCC(F)CC3)CC2)NC1. The highest BCUT2D eigenvalue weighted by atomic mass is 19.1. The molecule has 2 saturated carbocycles. The minimum Gasteiger partial charge on any atom is -0.301 e. The lowest BCUT2D eigenvalue weighted by Gasteiger charge is -2.41. The summed E-state index contributed by atoms with van der Waals surface area (Å²) in [7, 11) is 0. The summed E-state index contributed by atoms with van der Waals surface area (Å²) in [4.78, 5) is 0. The van der Waals surface area contributed by atoms with Gasteiger partial charge in [0.05, 0.1) is 6.17 Å². The van der Waals surface area contributed by atoms with Crippen LogP contribution in [-0.2, 0) is 0 Å². The average Bonchev–Trinajstić information content (AvgIpc) is 2.49. The quantitative estimate of drug-likeness (QED) is 0.810. The lowest BCUT2D eigenvalue weighted by atomic mass is 9.70. The Bertz CT molecular complexity index is 255. The van der Waals surface area contributed by atoms with Gasteiger partial charge < -0.3 is 10.6 Å². The van der Waals surface area contributed by atoms with Gasteiger partial charge in [-0.15, -0.1) is 0 Å². The highest BCUT2D eigenvalue weighted by Crippen LogP contribution is 2.41. The maximum absolute atomic E-state index is 13.2. The third kappa shape index (κ3) is 3.54. The Morgan fingerprint density at radius 3 is 1.70 bits per heavy atom. The van der Waals surface area contributed by atoms with Crippen LogP contribution in [0, 0.1) is 23.7 Å². The molecule has 1 saturated heterocycles. The normalized spacial score (nSPS) is 47.1. The molecule has 0 spiro atoms. The fourth-order valence-electron chi connectivity index (χ4n) is 4.63. The topological polar surface area (TPSA) is 24.1 Å². The number of hydrogen-bond donors (Lipinski definition) is 2. The number of rotatable bonds is 2. The molecule has 0 bridgehead atoms. The van der Waals surface area contributed by atoms with Gasteiger partial charge in [-0.3, -0.25) is 0 Å². The smallest absolute Gasteiger partial charge is 0.100 e. The number of nitrogens with one attached hydrogen (secondary N) is 2. The first-order chi connectivity index (χ1) is 9.72. The van der Waals surface area contributed by atoms with E-state index >= 15 is 0 Å². The lowest BCUT2D eigenvalue weighted by Crippen LogP contribution is -2.56. The van der Waals surface area contributed by atoms with E-state index in [4.69, 9.17) is 0 Å². The number of alkyl halides is 1. The minimum atomic E-state index is -0.500. The maximum atomic E-state index is 13.2.